The van der Waals surface area contributed by atoms with Crippen LogP contribution in [0.5, 0.6) is 0 Å². The molecule has 0 saturated heterocycles. The molecule has 0 aliphatic heterocycles. The van der Waals surface area contributed by atoms with Crippen LogP contribution in [0.2, 0.25) is 0 Å². The van der Waals surface area contributed by atoms with Crippen LogP contribution in [0, 0.1) is 2.88 Å². The molecular weight excluding hydrogens is 421 g/mol. The highest BCUT2D eigenvalue weighted by molar-refractivity contribution is 14.1. The Morgan fingerprint density at radius 3 is 2.83 bits per heavy atom. The average Bonchev–Trinajstić information content (AvgIpc) is 2.75. The first kappa shape index (κ1) is 14.5. The van der Waals surface area contributed by atoms with Crippen LogP contribution in [0.25, 0.3) is 0 Å². The number of rotatable bonds is 5. The first-order valence-corrected chi connectivity index (χ1v) is 8.66. The summed E-state index contributed by atoms with van der Waals surface area (Å²) < 4.78 is 2.50. The van der Waals surface area contributed by atoms with E-state index in [-0.39, 0.29) is 0 Å². The monoisotopic (exact) mass is 435 g/mol. The molecule has 0 amide bonds. The van der Waals surface area contributed by atoms with Crippen molar-refractivity contribution in [1.29, 1.82) is 0 Å². The quantitative estimate of drug-likeness (QED) is 0.651. The van der Waals surface area contributed by atoms with Gasteiger partial charge in [-0.1, -0.05) is 35.0 Å². The summed E-state index contributed by atoms with van der Waals surface area (Å²) in [7, 11) is 0. The third-order valence-corrected chi connectivity index (χ3v) is 5.07. The van der Waals surface area contributed by atoms with Gasteiger partial charge in [0.05, 0.1) is 2.88 Å². The highest BCUT2D eigenvalue weighted by Gasteiger charge is 2.12. The van der Waals surface area contributed by atoms with Crippen LogP contribution >= 0.6 is 49.9 Å². The summed E-state index contributed by atoms with van der Waals surface area (Å²) >= 11 is 7.72. The summed E-state index contributed by atoms with van der Waals surface area (Å²) in [6.07, 6.45) is 1.03. The number of nitrogens with one attached hydrogen (secondary N) is 1. The van der Waals surface area contributed by atoms with E-state index in [0.717, 1.165) is 17.4 Å². The molecule has 0 bridgehead atoms. The van der Waals surface area contributed by atoms with Crippen LogP contribution in [0.1, 0.15) is 24.1 Å². The van der Waals surface area contributed by atoms with E-state index in [2.05, 4.69) is 86.5 Å². The van der Waals surface area contributed by atoms with E-state index in [1.165, 1.54) is 14.0 Å². The lowest BCUT2D eigenvalue weighted by Crippen LogP contribution is -2.22. The Hall–Kier alpha value is 0.0900. The van der Waals surface area contributed by atoms with Crippen molar-refractivity contribution in [2.75, 3.05) is 6.54 Å². The molecule has 1 unspecified atom stereocenters. The molecule has 2 aromatic rings. The molecule has 1 nitrogen and oxygen atoms in total. The molecule has 0 spiro atoms. The molecule has 4 heteroatoms. The van der Waals surface area contributed by atoms with Crippen molar-refractivity contribution in [3.63, 3.8) is 0 Å². The molecule has 0 saturated carbocycles. The third kappa shape index (κ3) is 4.05. The molecule has 0 aliphatic rings. The second-order valence-electron chi connectivity index (χ2n) is 4.13. The zero-order chi connectivity index (χ0) is 13.0. The number of thiophene rings is 1. The van der Waals surface area contributed by atoms with E-state index in [1.54, 1.807) is 0 Å². The van der Waals surface area contributed by atoms with Crippen molar-refractivity contribution in [3.8, 4) is 0 Å². The van der Waals surface area contributed by atoms with Gasteiger partial charge in [0.25, 0.3) is 0 Å². The van der Waals surface area contributed by atoms with Crippen molar-refractivity contribution in [1.82, 2.24) is 5.32 Å². The van der Waals surface area contributed by atoms with Gasteiger partial charge in [-0.25, -0.2) is 0 Å². The normalized spacial score (nSPS) is 12.6. The van der Waals surface area contributed by atoms with Crippen LogP contribution in [-0.2, 0) is 6.42 Å². The van der Waals surface area contributed by atoms with Crippen molar-refractivity contribution >= 4 is 49.9 Å². The van der Waals surface area contributed by atoms with Crippen molar-refractivity contribution in [2.24, 2.45) is 0 Å². The van der Waals surface area contributed by atoms with Gasteiger partial charge in [-0.15, -0.1) is 11.3 Å². The van der Waals surface area contributed by atoms with Gasteiger partial charge < -0.3 is 5.32 Å². The molecule has 1 N–H and O–H groups in total. The number of benzene rings is 1. The fourth-order valence-corrected chi connectivity index (χ4v) is 3.83. The summed E-state index contributed by atoms with van der Waals surface area (Å²) in [4.78, 5) is 0. The van der Waals surface area contributed by atoms with Gasteiger partial charge in [0.2, 0.25) is 0 Å². The molecule has 2 rings (SSSR count). The molecule has 96 valence electrons. The van der Waals surface area contributed by atoms with Crippen LogP contribution in [0.4, 0.5) is 0 Å². The van der Waals surface area contributed by atoms with E-state index < -0.39 is 0 Å². The van der Waals surface area contributed by atoms with Gasteiger partial charge in [0.1, 0.15) is 0 Å². The lowest BCUT2D eigenvalue weighted by Gasteiger charge is -2.17. The summed E-state index contributed by atoms with van der Waals surface area (Å²) in [5.74, 6) is 0. The first-order chi connectivity index (χ1) is 8.69. The van der Waals surface area contributed by atoms with Gasteiger partial charge in [-0.2, -0.15) is 0 Å². The zero-order valence-electron chi connectivity index (χ0n) is 10.1. The summed E-state index contributed by atoms with van der Waals surface area (Å²) in [6.45, 7) is 3.15. The van der Waals surface area contributed by atoms with Crippen molar-refractivity contribution in [2.45, 2.75) is 19.4 Å². The minimum absolute atomic E-state index is 0.407. The molecule has 0 radical (unpaired) electrons. The summed E-state index contributed by atoms with van der Waals surface area (Å²) in [6, 6.07) is 11.2. The number of hydrogen-bond acceptors (Lipinski definition) is 2. The largest absolute Gasteiger partial charge is 0.310 e. The first-order valence-electron chi connectivity index (χ1n) is 5.90. The second-order valence-corrected chi connectivity index (χ2v) is 7.85. The Morgan fingerprint density at radius 1 is 1.39 bits per heavy atom. The van der Waals surface area contributed by atoms with Crippen molar-refractivity contribution < 1.29 is 0 Å². The predicted molar refractivity (Wildman–Crippen MR) is 91.3 cm³/mol. The minimum Gasteiger partial charge on any atom is -0.310 e. The number of hydrogen-bond donors (Lipinski definition) is 1. The van der Waals surface area contributed by atoms with Crippen molar-refractivity contribution in [3.05, 3.63) is 54.2 Å². The fourth-order valence-electron chi connectivity index (χ4n) is 1.96. The smallest absolute Gasteiger partial charge is 0.0656 e. The highest BCUT2D eigenvalue weighted by Crippen LogP contribution is 2.25. The Balaban J connectivity index is 2.16. The Bertz CT molecular complexity index is 512. The molecule has 0 aliphatic carbocycles. The van der Waals surface area contributed by atoms with E-state index in [9.17, 15) is 0 Å². The summed E-state index contributed by atoms with van der Waals surface area (Å²) in [5, 5.41) is 5.83. The topological polar surface area (TPSA) is 12.0 Å². The maximum Gasteiger partial charge on any atom is 0.0656 e. The van der Waals surface area contributed by atoms with Gasteiger partial charge >= 0.3 is 0 Å². The molecule has 18 heavy (non-hydrogen) atoms. The zero-order valence-corrected chi connectivity index (χ0v) is 14.7. The average molecular weight is 436 g/mol. The molecule has 0 fully saturated rings. The van der Waals surface area contributed by atoms with E-state index in [0.29, 0.717) is 6.04 Å². The standard InChI is InChI=1S/C14H15BrINS/c1-2-17-13(11-8-14(16)18-9-11)7-10-4-3-5-12(15)6-10/h3-6,8-9,13,17H,2,7H2,1H3. The molecule has 1 atom stereocenters. The Labute approximate surface area is 134 Å². The van der Waals surface area contributed by atoms with Crippen LogP contribution in [0.15, 0.2) is 40.2 Å². The Kier molecular flexibility index (Phi) is 5.66. The predicted octanol–water partition coefficient (Wildman–Crippen LogP) is 5.01. The molecule has 1 aromatic carbocycles. The van der Waals surface area contributed by atoms with E-state index >= 15 is 0 Å². The molecular formula is C14H15BrINS. The lowest BCUT2D eigenvalue weighted by atomic mass is 10.0. The molecule has 1 aromatic heterocycles. The third-order valence-electron chi connectivity index (χ3n) is 2.77. The number of halogens is 2. The maximum absolute atomic E-state index is 3.57. The second kappa shape index (κ2) is 7.03. The van der Waals surface area contributed by atoms with Gasteiger partial charge in [0, 0.05) is 10.5 Å². The molecule has 1 heterocycles. The van der Waals surface area contributed by atoms with Gasteiger partial charge in [-0.3, -0.25) is 0 Å². The summed E-state index contributed by atoms with van der Waals surface area (Å²) in [5.41, 5.74) is 2.75. The van der Waals surface area contributed by atoms with Gasteiger partial charge in [-0.05, 0) is 70.3 Å². The maximum atomic E-state index is 3.57. The fraction of sp³-hybridized carbons (Fsp3) is 0.286. The SMILES string of the molecule is CCNC(Cc1cccc(Br)c1)c1csc(I)c1. The van der Waals surface area contributed by atoms with E-state index in [1.807, 2.05) is 11.3 Å². The van der Waals surface area contributed by atoms with Crippen LogP contribution < -0.4 is 5.32 Å². The number of likely N-dealkylation sites (N-methyl/N-ethyl adjacent to an activating group) is 1. The minimum atomic E-state index is 0.407. The van der Waals surface area contributed by atoms with Gasteiger partial charge in [0.15, 0.2) is 0 Å². The van der Waals surface area contributed by atoms with Crippen LogP contribution in [-0.4, -0.2) is 6.54 Å². The van der Waals surface area contributed by atoms with Crippen LogP contribution in [0.3, 0.4) is 0 Å². The Morgan fingerprint density at radius 2 is 2.22 bits per heavy atom. The lowest BCUT2D eigenvalue weighted by molar-refractivity contribution is 0.551. The van der Waals surface area contributed by atoms with E-state index in [4.69, 9.17) is 0 Å². The highest BCUT2D eigenvalue weighted by atomic mass is 127.